The lowest BCUT2D eigenvalue weighted by molar-refractivity contribution is -0.147. The second-order valence-corrected chi connectivity index (χ2v) is 3.42. The zero-order valence-electron chi connectivity index (χ0n) is 6.64. The van der Waals surface area contributed by atoms with Crippen LogP contribution in [0.15, 0.2) is 0 Å². The number of carbonyl (C=O) groups excluding carboxylic acids is 1. The fourth-order valence-corrected chi connectivity index (χ4v) is 0.782. The van der Waals surface area contributed by atoms with Crippen LogP contribution >= 0.6 is 23.2 Å². The van der Waals surface area contributed by atoms with E-state index in [-0.39, 0.29) is 29.8 Å². The van der Waals surface area contributed by atoms with E-state index in [0.717, 1.165) is 0 Å². The van der Waals surface area contributed by atoms with Crippen LogP contribution in [-0.4, -0.2) is 23.3 Å². The summed E-state index contributed by atoms with van der Waals surface area (Å²) >= 11 is 11.0. The Hall–Kier alpha value is 0.0500. The average Bonchev–Trinajstić information content (AvgIpc) is 1.85. The van der Waals surface area contributed by atoms with Crippen molar-refractivity contribution in [2.24, 2.45) is 0 Å². The summed E-state index contributed by atoms with van der Waals surface area (Å²) in [5.74, 6) is -0.0185. The van der Waals surface area contributed by atoms with Gasteiger partial charge in [0.25, 0.3) is 0 Å². The lowest BCUT2D eigenvalue weighted by atomic mass is 10.3. The Morgan fingerprint density at radius 1 is 1.55 bits per heavy atom. The van der Waals surface area contributed by atoms with Gasteiger partial charge in [0.15, 0.2) is 0 Å². The van der Waals surface area contributed by atoms with Gasteiger partial charge >= 0.3 is 5.97 Å². The number of esters is 1. The average molecular weight is 199 g/mol. The second kappa shape index (κ2) is 5.67. The number of ether oxygens (including phenoxy) is 1. The van der Waals surface area contributed by atoms with E-state index in [1.807, 2.05) is 0 Å². The van der Waals surface area contributed by atoms with Crippen LogP contribution in [0.1, 0.15) is 20.3 Å². The van der Waals surface area contributed by atoms with E-state index in [1.165, 1.54) is 0 Å². The third kappa shape index (κ3) is 6.45. The van der Waals surface area contributed by atoms with Gasteiger partial charge in [0, 0.05) is 5.88 Å². The lowest BCUT2D eigenvalue weighted by Crippen LogP contribution is -2.16. The van der Waals surface area contributed by atoms with Crippen LogP contribution in [0.25, 0.3) is 0 Å². The van der Waals surface area contributed by atoms with Crippen molar-refractivity contribution in [1.82, 2.24) is 0 Å². The maximum atomic E-state index is 10.9. The zero-order valence-corrected chi connectivity index (χ0v) is 8.15. The van der Waals surface area contributed by atoms with E-state index >= 15 is 0 Å². The topological polar surface area (TPSA) is 26.3 Å². The molecule has 2 nitrogen and oxygen atoms in total. The number of hydrogen-bond donors (Lipinski definition) is 0. The Kier molecular flexibility index (Phi) is 5.69. The first-order chi connectivity index (χ1) is 5.06. The van der Waals surface area contributed by atoms with Gasteiger partial charge in [0.2, 0.25) is 0 Å². The molecule has 0 bridgehead atoms. The fourth-order valence-electron chi connectivity index (χ4n) is 0.546. The Labute approximate surface area is 76.8 Å². The highest BCUT2D eigenvalue weighted by atomic mass is 35.5. The van der Waals surface area contributed by atoms with E-state index in [9.17, 15) is 4.79 Å². The highest BCUT2D eigenvalue weighted by molar-refractivity contribution is 6.28. The summed E-state index contributed by atoms with van der Waals surface area (Å²) in [6.45, 7) is 3.59. The lowest BCUT2D eigenvalue weighted by Gasteiger charge is -2.08. The van der Waals surface area contributed by atoms with Gasteiger partial charge in [-0.1, -0.05) is 0 Å². The van der Waals surface area contributed by atoms with Crippen molar-refractivity contribution in [3.8, 4) is 0 Å². The summed E-state index contributed by atoms with van der Waals surface area (Å²) in [4.78, 5) is 10.9. The third-order valence-electron chi connectivity index (χ3n) is 0.923. The molecule has 0 heterocycles. The van der Waals surface area contributed by atoms with Gasteiger partial charge in [0.1, 0.15) is 0 Å². The molecule has 0 aliphatic rings. The molecule has 0 aromatic carbocycles. The first-order valence-electron chi connectivity index (χ1n) is 3.45. The number of halogens is 2. The Balaban J connectivity index is 3.52. The summed E-state index contributed by atoms with van der Waals surface area (Å²) in [7, 11) is 0. The Morgan fingerprint density at radius 2 is 2.09 bits per heavy atom. The smallest absolute Gasteiger partial charge is 0.307 e. The van der Waals surface area contributed by atoms with Gasteiger partial charge in [-0.15, -0.1) is 23.2 Å². The van der Waals surface area contributed by atoms with Crippen LogP contribution in [0.5, 0.6) is 0 Å². The minimum Gasteiger partial charge on any atom is -0.463 e. The van der Waals surface area contributed by atoms with Crippen molar-refractivity contribution in [2.45, 2.75) is 31.7 Å². The van der Waals surface area contributed by atoms with Crippen molar-refractivity contribution < 1.29 is 9.53 Å². The van der Waals surface area contributed by atoms with Crippen LogP contribution in [0.3, 0.4) is 0 Å². The molecule has 0 aromatic heterocycles. The molecule has 0 aromatic rings. The summed E-state index contributed by atoms with van der Waals surface area (Å²) in [5, 5.41) is -0.317. The number of alkyl halides is 2. The molecular weight excluding hydrogens is 187 g/mol. The molecule has 0 N–H and O–H groups in total. The van der Waals surface area contributed by atoms with Gasteiger partial charge in [0.05, 0.1) is 17.9 Å². The molecule has 0 amide bonds. The Morgan fingerprint density at radius 3 is 2.45 bits per heavy atom. The molecule has 0 saturated carbocycles. The maximum Gasteiger partial charge on any atom is 0.307 e. The van der Waals surface area contributed by atoms with E-state index in [2.05, 4.69) is 0 Å². The minimum atomic E-state index is -0.317. The highest BCUT2D eigenvalue weighted by Crippen LogP contribution is 2.06. The summed E-state index contributed by atoms with van der Waals surface area (Å²) < 4.78 is 4.84. The van der Waals surface area contributed by atoms with Crippen LogP contribution in [0, 0.1) is 0 Å². The first-order valence-corrected chi connectivity index (χ1v) is 4.43. The zero-order chi connectivity index (χ0) is 8.85. The molecule has 66 valence electrons. The molecule has 1 atom stereocenters. The van der Waals surface area contributed by atoms with Gasteiger partial charge in [-0.05, 0) is 13.8 Å². The van der Waals surface area contributed by atoms with Crippen LogP contribution in [0.4, 0.5) is 0 Å². The molecule has 0 saturated heterocycles. The van der Waals surface area contributed by atoms with E-state index in [4.69, 9.17) is 27.9 Å². The number of rotatable bonds is 4. The van der Waals surface area contributed by atoms with Crippen molar-refractivity contribution in [2.75, 3.05) is 5.88 Å². The molecule has 0 spiro atoms. The minimum absolute atomic E-state index is 0.0818. The standard InChI is InChI=1S/C7H12Cl2O2/c1-5(2)11-7(10)3-6(9)4-8/h5-6H,3-4H2,1-2H3. The second-order valence-electron chi connectivity index (χ2n) is 2.49. The summed E-state index contributed by atoms with van der Waals surface area (Å²) in [5.41, 5.74) is 0. The first kappa shape index (κ1) is 11.1. The molecule has 0 aliphatic heterocycles. The van der Waals surface area contributed by atoms with Crippen molar-refractivity contribution in [3.63, 3.8) is 0 Å². The maximum absolute atomic E-state index is 10.9. The third-order valence-corrected chi connectivity index (χ3v) is 1.76. The van der Waals surface area contributed by atoms with Crippen molar-refractivity contribution >= 4 is 29.2 Å². The van der Waals surface area contributed by atoms with Crippen LogP contribution in [0.2, 0.25) is 0 Å². The molecule has 11 heavy (non-hydrogen) atoms. The van der Waals surface area contributed by atoms with E-state index < -0.39 is 0 Å². The number of hydrogen-bond acceptors (Lipinski definition) is 2. The molecule has 0 rings (SSSR count). The normalized spacial score (nSPS) is 13.2. The summed E-state index contributed by atoms with van der Waals surface area (Å²) in [6, 6.07) is 0. The Bertz CT molecular complexity index is 126. The monoisotopic (exact) mass is 198 g/mol. The predicted octanol–water partition coefficient (Wildman–Crippen LogP) is 2.17. The predicted molar refractivity (Wildman–Crippen MR) is 46.2 cm³/mol. The van der Waals surface area contributed by atoms with E-state index in [0.29, 0.717) is 0 Å². The van der Waals surface area contributed by atoms with Gasteiger partial charge in [-0.3, -0.25) is 4.79 Å². The molecule has 0 radical (unpaired) electrons. The molecule has 0 fully saturated rings. The van der Waals surface area contributed by atoms with Crippen molar-refractivity contribution in [1.29, 1.82) is 0 Å². The number of carbonyl (C=O) groups is 1. The van der Waals surface area contributed by atoms with Crippen molar-refractivity contribution in [3.05, 3.63) is 0 Å². The highest BCUT2D eigenvalue weighted by Gasteiger charge is 2.11. The largest absolute Gasteiger partial charge is 0.463 e. The fraction of sp³-hybridized carbons (Fsp3) is 0.857. The van der Waals surface area contributed by atoms with Crippen LogP contribution in [-0.2, 0) is 9.53 Å². The SMILES string of the molecule is CC(C)OC(=O)CC(Cl)CCl. The molecule has 1 unspecified atom stereocenters. The quantitative estimate of drug-likeness (QED) is 0.512. The van der Waals surface area contributed by atoms with Gasteiger partial charge < -0.3 is 4.74 Å². The van der Waals surface area contributed by atoms with Gasteiger partial charge in [-0.25, -0.2) is 0 Å². The molecule has 0 aliphatic carbocycles. The summed E-state index contributed by atoms with van der Waals surface area (Å²) in [6.07, 6.45) is 0.102. The van der Waals surface area contributed by atoms with Gasteiger partial charge in [-0.2, -0.15) is 0 Å². The molecular formula is C7H12Cl2O2. The van der Waals surface area contributed by atoms with Crippen LogP contribution < -0.4 is 0 Å². The molecule has 4 heteroatoms. The van der Waals surface area contributed by atoms with E-state index in [1.54, 1.807) is 13.8 Å².